The van der Waals surface area contributed by atoms with E-state index in [0.717, 1.165) is 42.7 Å². The van der Waals surface area contributed by atoms with Crippen LogP contribution in [0.3, 0.4) is 0 Å². The van der Waals surface area contributed by atoms with Crippen LogP contribution in [0, 0.1) is 0 Å². The summed E-state index contributed by atoms with van der Waals surface area (Å²) >= 11 is 0. The number of amides is 1. The van der Waals surface area contributed by atoms with E-state index in [2.05, 4.69) is 4.98 Å². The Morgan fingerprint density at radius 1 is 1.23 bits per heavy atom. The van der Waals surface area contributed by atoms with Gasteiger partial charge in [-0.15, -0.1) is 0 Å². The van der Waals surface area contributed by atoms with Crippen molar-refractivity contribution in [3.63, 3.8) is 0 Å². The topological polar surface area (TPSA) is 51.7 Å². The van der Waals surface area contributed by atoms with Gasteiger partial charge in [0, 0.05) is 17.8 Å². The molecule has 1 amide bonds. The maximum atomic E-state index is 13.2. The first-order chi connectivity index (χ1) is 14.9. The number of hydrogen-bond donors (Lipinski definition) is 0. The molecule has 1 aromatic heterocycles. The van der Waals surface area contributed by atoms with Crippen molar-refractivity contribution in [2.75, 3.05) is 7.11 Å². The Balaban J connectivity index is 1.58. The summed E-state index contributed by atoms with van der Waals surface area (Å²) < 4.78 is 50.4. The second-order valence-electron chi connectivity index (χ2n) is 7.77. The molecule has 1 aromatic carbocycles. The summed E-state index contributed by atoms with van der Waals surface area (Å²) in [5.74, 6) is 0.150. The second-order valence-corrected chi connectivity index (χ2v) is 7.77. The maximum absolute atomic E-state index is 13.2. The van der Waals surface area contributed by atoms with Crippen LogP contribution in [0.1, 0.15) is 42.4 Å². The predicted octanol–water partition coefficient (Wildman–Crippen LogP) is 5.46. The standard InChI is InChI=1S/C23H23F3N2O3/c1-30-21-20(12-17(13-27-21)23(24,25)26)16-10-18-8-5-9-19(11-16)28(18)22(29)31-14-15-6-3-2-4-7-15/h2-4,6-7,10,12-13,18-19H,5,8-9,11,14H2,1H3. The Kier molecular flexibility index (Phi) is 5.89. The number of aromatic nitrogens is 1. The fourth-order valence-electron chi connectivity index (χ4n) is 4.31. The number of pyridine rings is 1. The number of benzene rings is 1. The summed E-state index contributed by atoms with van der Waals surface area (Å²) in [6.07, 6.45) is 0.613. The number of alkyl halides is 3. The van der Waals surface area contributed by atoms with Crippen molar-refractivity contribution in [1.82, 2.24) is 9.88 Å². The van der Waals surface area contributed by atoms with E-state index in [1.807, 2.05) is 36.4 Å². The zero-order chi connectivity index (χ0) is 22.0. The smallest absolute Gasteiger partial charge is 0.417 e. The number of nitrogens with zero attached hydrogens (tertiary/aromatic N) is 2. The third kappa shape index (κ3) is 4.52. The minimum Gasteiger partial charge on any atom is -0.481 e. The summed E-state index contributed by atoms with van der Waals surface area (Å²) in [6, 6.07) is 10.1. The maximum Gasteiger partial charge on any atom is 0.417 e. The van der Waals surface area contributed by atoms with Gasteiger partial charge in [-0.05, 0) is 42.9 Å². The number of methoxy groups -OCH3 is 1. The Morgan fingerprint density at radius 2 is 2.00 bits per heavy atom. The first-order valence-corrected chi connectivity index (χ1v) is 10.2. The highest BCUT2D eigenvalue weighted by atomic mass is 19.4. The molecule has 31 heavy (non-hydrogen) atoms. The van der Waals surface area contributed by atoms with E-state index in [0.29, 0.717) is 12.0 Å². The van der Waals surface area contributed by atoms with Gasteiger partial charge in [-0.1, -0.05) is 36.4 Å². The number of hydrogen-bond acceptors (Lipinski definition) is 4. The molecule has 2 unspecified atom stereocenters. The quantitative estimate of drug-likeness (QED) is 0.644. The van der Waals surface area contributed by atoms with Crippen LogP contribution in [0.5, 0.6) is 5.88 Å². The first-order valence-electron chi connectivity index (χ1n) is 10.2. The molecule has 2 aromatic rings. The lowest BCUT2D eigenvalue weighted by Crippen LogP contribution is -2.51. The van der Waals surface area contributed by atoms with E-state index in [4.69, 9.17) is 9.47 Å². The molecule has 2 bridgehead atoms. The molecule has 2 aliphatic heterocycles. The van der Waals surface area contributed by atoms with E-state index < -0.39 is 17.8 Å². The van der Waals surface area contributed by atoms with Gasteiger partial charge in [-0.25, -0.2) is 9.78 Å². The monoisotopic (exact) mass is 432 g/mol. The average Bonchev–Trinajstić information content (AvgIpc) is 2.76. The van der Waals surface area contributed by atoms with Crippen LogP contribution in [-0.2, 0) is 17.5 Å². The number of fused-ring (bicyclic) bond motifs is 2. The molecule has 8 heteroatoms. The molecule has 5 nitrogen and oxygen atoms in total. The number of rotatable bonds is 4. The minimum atomic E-state index is -4.49. The Morgan fingerprint density at radius 3 is 2.68 bits per heavy atom. The van der Waals surface area contributed by atoms with Crippen LogP contribution in [0.4, 0.5) is 18.0 Å². The number of halogens is 3. The molecule has 0 radical (unpaired) electrons. The summed E-state index contributed by atoms with van der Waals surface area (Å²) in [4.78, 5) is 18.4. The van der Waals surface area contributed by atoms with E-state index >= 15 is 0 Å². The third-order valence-corrected chi connectivity index (χ3v) is 5.77. The van der Waals surface area contributed by atoms with Crippen LogP contribution in [0.15, 0.2) is 48.7 Å². The second kappa shape index (κ2) is 8.61. The summed E-state index contributed by atoms with van der Waals surface area (Å²) in [6.45, 7) is 0.178. The molecular formula is C23H23F3N2O3. The fourth-order valence-corrected chi connectivity index (χ4v) is 4.31. The zero-order valence-corrected chi connectivity index (χ0v) is 17.1. The van der Waals surface area contributed by atoms with Gasteiger partial charge in [-0.3, -0.25) is 4.90 Å². The zero-order valence-electron chi connectivity index (χ0n) is 17.1. The Bertz CT molecular complexity index is 976. The molecule has 164 valence electrons. The lowest BCUT2D eigenvalue weighted by Gasteiger charge is -2.44. The van der Waals surface area contributed by atoms with Crippen molar-refractivity contribution in [2.45, 2.75) is 50.6 Å². The Hall–Kier alpha value is -3.03. The van der Waals surface area contributed by atoms with Gasteiger partial charge in [0.05, 0.1) is 18.7 Å². The van der Waals surface area contributed by atoms with Gasteiger partial charge < -0.3 is 9.47 Å². The van der Waals surface area contributed by atoms with Crippen molar-refractivity contribution in [1.29, 1.82) is 0 Å². The van der Waals surface area contributed by atoms with Gasteiger partial charge in [0.2, 0.25) is 5.88 Å². The van der Waals surface area contributed by atoms with Gasteiger partial charge in [0.15, 0.2) is 0 Å². The molecule has 0 spiro atoms. The summed E-state index contributed by atoms with van der Waals surface area (Å²) in [5.41, 5.74) is 1.12. The molecule has 1 fully saturated rings. The first kappa shape index (κ1) is 21.2. The van der Waals surface area contributed by atoms with E-state index in [1.165, 1.54) is 7.11 Å². The highest BCUT2D eigenvalue weighted by Crippen LogP contribution is 2.41. The van der Waals surface area contributed by atoms with Gasteiger partial charge >= 0.3 is 12.3 Å². The van der Waals surface area contributed by atoms with Gasteiger partial charge in [0.25, 0.3) is 0 Å². The number of carbonyl (C=O) groups excluding carboxylic acids is 1. The molecule has 4 rings (SSSR count). The fraction of sp³-hybridized carbons (Fsp3) is 0.391. The SMILES string of the molecule is COc1ncc(C(F)(F)F)cc1C1=CC2CCCC(C1)N2C(=O)OCc1ccccc1. The molecule has 1 saturated heterocycles. The molecule has 2 aliphatic rings. The molecular weight excluding hydrogens is 409 g/mol. The van der Waals surface area contributed by atoms with Crippen LogP contribution in [0.2, 0.25) is 0 Å². The van der Waals surface area contributed by atoms with Crippen molar-refractivity contribution in [2.24, 2.45) is 0 Å². The van der Waals surface area contributed by atoms with Crippen LogP contribution in [-0.4, -0.2) is 35.2 Å². The number of carbonyl (C=O) groups is 1. The lowest BCUT2D eigenvalue weighted by atomic mass is 9.83. The molecule has 0 aliphatic carbocycles. The van der Waals surface area contributed by atoms with Crippen molar-refractivity contribution < 1.29 is 27.4 Å². The highest BCUT2D eigenvalue weighted by Gasteiger charge is 2.39. The molecule has 2 atom stereocenters. The van der Waals surface area contributed by atoms with Crippen LogP contribution < -0.4 is 4.74 Å². The largest absolute Gasteiger partial charge is 0.481 e. The van der Waals surface area contributed by atoms with Crippen molar-refractivity contribution in [3.8, 4) is 5.88 Å². The van der Waals surface area contributed by atoms with E-state index in [9.17, 15) is 18.0 Å². The van der Waals surface area contributed by atoms with Crippen LogP contribution in [0.25, 0.3) is 5.57 Å². The number of ether oxygens (including phenoxy) is 2. The minimum absolute atomic E-state index is 0.138. The summed E-state index contributed by atoms with van der Waals surface area (Å²) in [5, 5.41) is 0. The highest BCUT2D eigenvalue weighted by molar-refractivity contribution is 5.76. The van der Waals surface area contributed by atoms with Crippen molar-refractivity contribution in [3.05, 3.63) is 65.4 Å². The molecule has 0 saturated carbocycles. The van der Waals surface area contributed by atoms with Crippen LogP contribution >= 0.6 is 0 Å². The lowest BCUT2D eigenvalue weighted by molar-refractivity contribution is -0.137. The van der Waals surface area contributed by atoms with Gasteiger partial charge in [0.1, 0.15) is 6.61 Å². The van der Waals surface area contributed by atoms with E-state index in [-0.39, 0.29) is 24.6 Å². The van der Waals surface area contributed by atoms with Crippen molar-refractivity contribution >= 4 is 11.7 Å². The normalized spacial score (nSPS) is 20.8. The van der Waals surface area contributed by atoms with E-state index in [1.54, 1.807) is 4.90 Å². The molecule has 0 N–H and O–H groups in total. The summed E-state index contributed by atoms with van der Waals surface area (Å²) in [7, 11) is 1.39. The van der Waals surface area contributed by atoms with Gasteiger partial charge in [-0.2, -0.15) is 13.2 Å². The number of piperidine rings is 1. The third-order valence-electron chi connectivity index (χ3n) is 5.77. The average molecular weight is 432 g/mol. The predicted molar refractivity (Wildman–Crippen MR) is 108 cm³/mol. The molecule has 3 heterocycles. The Labute approximate surface area is 178 Å².